The summed E-state index contributed by atoms with van der Waals surface area (Å²) in [5.41, 5.74) is 2.01. The molecule has 2 aromatic rings. The van der Waals surface area contributed by atoms with Crippen molar-refractivity contribution < 1.29 is 9.32 Å². The van der Waals surface area contributed by atoms with Crippen LogP contribution in [0, 0.1) is 11.8 Å². The smallest absolute Gasteiger partial charge is 0.249 e. The monoisotopic (exact) mass is 354 g/mol. The molecule has 1 atom stereocenters. The maximum Gasteiger partial charge on any atom is 0.249 e. The van der Waals surface area contributed by atoms with E-state index in [0.29, 0.717) is 17.6 Å². The summed E-state index contributed by atoms with van der Waals surface area (Å²) in [5, 5.41) is 7.13. The Hall–Kier alpha value is -2.24. The highest BCUT2D eigenvalue weighted by Crippen LogP contribution is 2.39. The van der Waals surface area contributed by atoms with Crippen molar-refractivity contribution in [3.63, 3.8) is 0 Å². The molecular weight excluding hydrogens is 328 g/mol. The van der Waals surface area contributed by atoms with Crippen molar-refractivity contribution in [2.75, 3.05) is 0 Å². The highest BCUT2D eigenvalue weighted by atomic mass is 16.5. The summed E-state index contributed by atoms with van der Waals surface area (Å²) >= 11 is 0. The van der Waals surface area contributed by atoms with Crippen LogP contribution in [0.2, 0.25) is 0 Å². The summed E-state index contributed by atoms with van der Waals surface area (Å²) in [5.74, 6) is 2.52. The molecule has 0 aromatic carbocycles. The van der Waals surface area contributed by atoms with Crippen molar-refractivity contribution in [2.45, 2.75) is 64.3 Å². The van der Waals surface area contributed by atoms with Crippen LogP contribution in [0.5, 0.6) is 0 Å². The third-order valence-corrected chi connectivity index (χ3v) is 5.59. The Balaban J connectivity index is 1.40. The van der Waals surface area contributed by atoms with Gasteiger partial charge in [0.2, 0.25) is 17.6 Å². The van der Waals surface area contributed by atoms with Crippen LogP contribution in [-0.4, -0.2) is 21.0 Å². The molecule has 2 aliphatic carbocycles. The Labute approximate surface area is 153 Å². The molecule has 4 rings (SSSR count). The van der Waals surface area contributed by atoms with Crippen molar-refractivity contribution >= 4 is 5.91 Å². The molecule has 0 aliphatic heterocycles. The maximum absolute atomic E-state index is 12.5. The van der Waals surface area contributed by atoms with Gasteiger partial charge in [0.25, 0.3) is 0 Å². The van der Waals surface area contributed by atoms with Gasteiger partial charge in [-0.05, 0) is 63.5 Å². The average Bonchev–Trinajstić information content (AvgIpc) is 3.38. The molecular formula is C20H26N4O2. The van der Waals surface area contributed by atoms with E-state index in [1.165, 1.54) is 12.8 Å². The first-order chi connectivity index (χ1) is 12.6. The van der Waals surface area contributed by atoms with Crippen LogP contribution in [0.3, 0.4) is 0 Å². The molecule has 6 nitrogen and oxygen atoms in total. The number of nitrogens with zero attached hydrogens (tertiary/aromatic N) is 3. The maximum atomic E-state index is 12.5. The van der Waals surface area contributed by atoms with Gasteiger partial charge in [-0.3, -0.25) is 9.78 Å². The Morgan fingerprint density at radius 3 is 2.73 bits per heavy atom. The number of pyridine rings is 1. The second kappa shape index (κ2) is 7.17. The summed E-state index contributed by atoms with van der Waals surface area (Å²) in [4.78, 5) is 21.4. The van der Waals surface area contributed by atoms with Crippen molar-refractivity contribution in [1.82, 2.24) is 20.4 Å². The average molecular weight is 354 g/mol. The van der Waals surface area contributed by atoms with Crippen molar-refractivity contribution in [2.24, 2.45) is 11.8 Å². The minimum atomic E-state index is -0.284. The van der Waals surface area contributed by atoms with Crippen LogP contribution >= 0.6 is 0 Å². The van der Waals surface area contributed by atoms with Gasteiger partial charge in [-0.2, -0.15) is 4.98 Å². The Morgan fingerprint density at radius 2 is 2.00 bits per heavy atom. The number of hydrogen-bond acceptors (Lipinski definition) is 5. The van der Waals surface area contributed by atoms with E-state index in [-0.39, 0.29) is 17.9 Å². The van der Waals surface area contributed by atoms with Crippen LogP contribution in [0.1, 0.15) is 75.9 Å². The Kier molecular flexibility index (Phi) is 4.74. The molecule has 2 aliphatic rings. The molecule has 0 spiro atoms. The molecule has 1 amide bonds. The molecule has 0 bridgehead atoms. The molecule has 0 radical (unpaired) electrons. The predicted octanol–water partition coefficient (Wildman–Crippen LogP) is 4.01. The number of hydrogen-bond donors (Lipinski definition) is 1. The zero-order valence-corrected chi connectivity index (χ0v) is 15.4. The standard InChI is InChI=1S/C20H26N4O2/c1-12-3-5-15(6-4-12)19(25)22-13(2)20-23-18(24-26-20)16-9-10-21-17(11-16)14-7-8-14/h9-15H,3-8H2,1-2H3,(H,22,25). The summed E-state index contributed by atoms with van der Waals surface area (Å²) in [6.07, 6.45) is 8.40. The molecule has 138 valence electrons. The fraction of sp³-hybridized carbons (Fsp3) is 0.600. The molecule has 1 unspecified atom stereocenters. The van der Waals surface area contributed by atoms with Gasteiger partial charge < -0.3 is 9.84 Å². The Bertz CT molecular complexity index is 776. The number of aromatic nitrogens is 3. The Morgan fingerprint density at radius 1 is 1.23 bits per heavy atom. The quantitative estimate of drug-likeness (QED) is 0.877. The molecule has 2 aromatic heterocycles. The van der Waals surface area contributed by atoms with Gasteiger partial charge in [-0.25, -0.2) is 0 Å². The van der Waals surface area contributed by atoms with Gasteiger partial charge in [0, 0.05) is 29.3 Å². The van der Waals surface area contributed by atoms with E-state index in [2.05, 4.69) is 27.4 Å². The van der Waals surface area contributed by atoms with Gasteiger partial charge in [-0.1, -0.05) is 12.1 Å². The van der Waals surface area contributed by atoms with Gasteiger partial charge in [0.1, 0.15) is 6.04 Å². The van der Waals surface area contributed by atoms with Crippen LogP contribution in [-0.2, 0) is 4.79 Å². The van der Waals surface area contributed by atoms with E-state index in [0.717, 1.165) is 42.9 Å². The van der Waals surface area contributed by atoms with Crippen molar-refractivity contribution in [3.05, 3.63) is 29.9 Å². The largest absolute Gasteiger partial charge is 0.344 e. The third-order valence-electron chi connectivity index (χ3n) is 5.59. The van der Waals surface area contributed by atoms with Crippen LogP contribution in [0.15, 0.2) is 22.9 Å². The van der Waals surface area contributed by atoms with Crippen LogP contribution in [0.25, 0.3) is 11.4 Å². The summed E-state index contributed by atoms with van der Waals surface area (Å²) in [6.45, 7) is 4.15. The second-order valence-electron chi connectivity index (χ2n) is 7.89. The minimum absolute atomic E-state index is 0.101. The fourth-order valence-electron chi connectivity index (χ4n) is 3.63. The first kappa shape index (κ1) is 17.2. The summed E-state index contributed by atoms with van der Waals surface area (Å²) in [7, 11) is 0. The lowest BCUT2D eigenvalue weighted by molar-refractivity contribution is -0.127. The molecule has 2 saturated carbocycles. The van der Waals surface area contributed by atoms with Crippen LogP contribution in [0.4, 0.5) is 0 Å². The molecule has 2 heterocycles. The zero-order valence-electron chi connectivity index (χ0n) is 15.4. The van der Waals surface area contributed by atoms with E-state index in [1.54, 1.807) is 6.20 Å². The SMILES string of the molecule is CC1CCC(C(=O)NC(C)c2nc(-c3ccnc(C4CC4)c3)no2)CC1. The number of carbonyl (C=O) groups is 1. The first-order valence-corrected chi connectivity index (χ1v) is 9.70. The third kappa shape index (κ3) is 3.79. The fourth-order valence-corrected chi connectivity index (χ4v) is 3.63. The lowest BCUT2D eigenvalue weighted by Gasteiger charge is -2.26. The van der Waals surface area contributed by atoms with Gasteiger partial charge in [-0.15, -0.1) is 0 Å². The topological polar surface area (TPSA) is 80.9 Å². The first-order valence-electron chi connectivity index (χ1n) is 9.70. The van der Waals surface area contributed by atoms with Crippen LogP contribution < -0.4 is 5.32 Å². The van der Waals surface area contributed by atoms with E-state index in [9.17, 15) is 4.79 Å². The number of amides is 1. The normalized spacial score (nSPS) is 24.2. The number of rotatable bonds is 5. The van der Waals surface area contributed by atoms with Crippen molar-refractivity contribution in [1.29, 1.82) is 0 Å². The van der Waals surface area contributed by atoms with E-state index in [1.807, 2.05) is 19.1 Å². The number of nitrogens with one attached hydrogen (secondary N) is 1. The lowest BCUT2D eigenvalue weighted by atomic mass is 9.82. The molecule has 2 fully saturated rings. The number of carbonyl (C=O) groups excluding carboxylic acids is 1. The lowest BCUT2D eigenvalue weighted by Crippen LogP contribution is -2.34. The summed E-state index contributed by atoms with van der Waals surface area (Å²) in [6, 6.07) is 3.65. The van der Waals surface area contributed by atoms with Gasteiger partial charge >= 0.3 is 0 Å². The predicted molar refractivity (Wildman–Crippen MR) is 97.2 cm³/mol. The molecule has 6 heteroatoms. The van der Waals surface area contributed by atoms with Gasteiger partial charge in [0.05, 0.1) is 0 Å². The minimum Gasteiger partial charge on any atom is -0.344 e. The van der Waals surface area contributed by atoms with E-state index >= 15 is 0 Å². The highest BCUT2D eigenvalue weighted by Gasteiger charge is 2.27. The molecule has 0 saturated heterocycles. The molecule has 26 heavy (non-hydrogen) atoms. The van der Waals surface area contributed by atoms with E-state index in [4.69, 9.17) is 4.52 Å². The second-order valence-corrected chi connectivity index (χ2v) is 7.89. The summed E-state index contributed by atoms with van der Waals surface area (Å²) < 4.78 is 5.41. The molecule has 1 N–H and O–H groups in total. The van der Waals surface area contributed by atoms with Crippen molar-refractivity contribution in [3.8, 4) is 11.4 Å². The van der Waals surface area contributed by atoms with E-state index < -0.39 is 0 Å². The zero-order chi connectivity index (χ0) is 18.1. The van der Waals surface area contributed by atoms with Gasteiger partial charge in [0.15, 0.2) is 0 Å². The highest BCUT2D eigenvalue weighted by molar-refractivity contribution is 5.79.